The predicted octanol–water partition coefficient (Wildman–Crippen LogP) is 2.90. The Balaban J connectivity index is 2.58. The highest BCUT2D eigenvalue weighted by atomic mass is 31.2. The number of rotatable bonds is 10. The third-order valence-electron chi connectivity index (χ3n) is 2.87. The summed E-state index contributed by atoms with van der Waals surface area (Å²) in [5, 5.41) is 2.98. The van der Waals surface area contributed by atoms with E-state index >= 15 is 0 Å². The standard InChI is InChI=1S/C15H24NO3P/c1-4-18-20(19-5-2)12-14-8-6-13(7-9-14)10-15(11-17)16-3/h6-9,11,15-16H,4-5,10,12H2,1-3H3/t15-/m0/s1. The molecule has 5 heteroatoms. The number of hydrogen-bond acceptors (Lipinski definition) is 4. The van der Waals surface area contributed by atoms with Crippen molar-refractivity contribution in [3.63, 3.8) is 0 Å². The molecule has 0 saturated heterocycles. The molecule has 1 rings (SSSR count). The minimum absolute atomic E-state index is 0.121. The maximum Gasteiger partial charge on any atom is 0.175 e. The second-order valence-corrected chi connectivity index (χ2v) is 5.88. The Morgan fingerprint density at radius 2 is 1.70 bits per heavy atom. The van der Waals surface area contributed by atoms with Gasteiger partial charge in [-0.15, -0.1) is 0 Å². The molecule has 0 aliphatic carbocycles. The summed E-state index contributed by atoms with van der Waals surface area (Å²) < 4.78 is 11.2. The molecule has 1 aromatic carbocycles. The van der Waals surface area contributed by atoms with Crippen LogP contribution in [0.25, 0.3) is 0 Å². The van der Waals surface area contributed by atoms with Gasteiger partial charge in [-0.3, -0.25) is 0 Å². The molecule has 20 heavy (non-hydrogen) atoms. The highest BCUT2D eigenvalue weighted by Crippen LogP contribution is 2.41. The van der Waals surface area contributed by atoms with Gasteiger partial charge in [0.25, 0.3) is 0 Å². The minimum Gasteiger partial charge on any atom is -0.334 e. The van der Waals surface area contributed by atoms with Gasteiger partial charge in [-0.25, -0.2) is 0 Å². The first-order valence-corrected chi connectivity index (χ1v) is 8.33. The Labute approximate surface area is 122 Å². The van der Waals surface area contributed by atoms with Crippen LogP contribution in [0, 0.1) is 0 Å². The van der Waals surface area contributed by atoms with E-state index in [2.05, 4.69) is 29.6 Å². The lowest BCUT2D eigenvalue weighted by Crippen LogP contribution is -2.28. The van der Waals surface area contributed by atoms with Gasteiger partial charge in [-0.05, 0) is 38.4 Å². The SMILES string of the molecule is CCOP(Cc1ccc(C[C@@H](C=O)NC)cc1)OCC. The van der Waals surface area contributed by atoms with Crippen molar-refractivity contribution in [3.05, 3.63) is 35.4 Å². The Morgan fingerprint density at radius 1 is 1.15 bits per heavy atom. The van der Waals surface area contributed by atoms with Gasteiger partial charge in [0.05, 0.1) is 19.3 Å². The third kappa shape index (κ3) is 6.10. The first-order valence-electron chi connectivity index (χ1n) is 6.97. The Hall–Kier alpha value is -0.800. The van der Waals surface area contributed by atoms with Crippen molar-refractivity contribution < 1.29 is 13.8 Å². The quantitative estimate of drug-likeness (QED) is 0.533. The first kappa shape index (κ1) is 17.3. The van der Waals surface area contributed by atoms with Crippen LogP contribution in [0.15, 0.2) is 24.3 Å². The zero-order chi connectivity index (χ0) is 14.8. The lowest BCUT2D eigenvalue weighted by Gasteiger charge is -2.16. The van der Waals surface area contributed by atoms with Crippen molar-refractivity contribution in [2.75, 3.05) is 20.3 Å². The molecular weight excluding hydrogens is 273 g/mol. The molecular formula is C15H24NO3P. The monoisotopic (exact) mass is 297 g/mol. The zero-order valence-corrected chi connectivity index (χ0v) is 13.4. The maximum atomic E-state index is 10.8. The molecule has 112 valence electrons. The molecule has 1 atom stereocenters. The minimum atomic E-state index is -0.838. The van der Waals surface area contributed by atoms with Crippen molar-refractivity contribution in [2.45, 2.75) is 32.5 Å². The van der Waals surface area contributed by atoms with Gasteiger partial charge in [-0.2, -0.15) is 0 Å². The van der Waals surface area contributed by atoms with E-state index in [1.165, 1.54) is 5.56 Å². The van der Waals surface area contributed by atoms with Crippen LogP contribution in [0.4, 0.5) is 0 Å². The molecule has 0 unspecified atom stereocenters. The van der Waals surface area contributed by atoms with Crippen molar-refractivity contribution >= 4 is 14.7 Å². The Morgan fingerprint density at radius 3 is 2.15 bits per heavy atom. The van der Waals surface area contributed by atoms with Crippen molar-refractivity contribution in [2.24, 2.45) is 0 Å². The fourth-order valence-electron chi connectivity index (χ4n) is 1.82. The summed E-state index contributed by atoms with van der Waals surface area (Å²) >= 11 is 0. The van der Waals surface area contributed by atoms with Crippen LogP contribution in [0.3, 0.4) is 0 Å². The highest BCUT2D eigenvalue weighted by molar-refractivity contribution is 7.46. The molecule has 0 aliphatic rings. The maximum absolute atomic E-state index is 10.8. The van der Waals surface area contributed by atoms with Gasteiger partial charge in [0, 0.05) is 6.16 Å². The lowest BCUT2D eigenvalue weighted by molar-refractivity contribution is -0.109. The van der Waals surface area contributed by atoms with E-state index in [0.717, 1.165) is 18.0 Å². The Bertz CT molecular complexity index is 377. The van der Waals surface area contributed by atoms with Gasteiger partial charge in [0.1, 0.15) is 6.29 Å². The van der Waals surface area contributed by atoms with Crippen molar-refractivity contribution in [1.82, 2.24) is 5.32 Å². The second kappa shape index (κ2) is 10.0. The number of carbonyl (C=O) groups excluding carboxylic acids is 1. The number of aldehydes is 1. The highest BCUT2D eigenvalue weighted by Gasteiger charge is 2.11. The molecule has 0 saturated carbocycles. The van der Waals surface area contributed by atoms with Gasteiger partial charge >= 0.3 is 0 Å². The number of benzene rings is 1. The van der Waals surface area contributed by atoms with Crippen LogP contribution in [-0.2, 0) is 26.4 Å². The largest absolute Gasteiger partial charge is 0.334 e. The van der Waals surface area contributed by atoms with Gasteiger partial charge in [0.15, 0.2) is 8.38 Å². The molecule has 0 bridgehead atoms. The molecule has 0 radical (unpaired) electrons. The normalized spacial score (nSPS) is 12.6. The average molecular weight is 297 g/mol. The zero-order valence-electron chi connectivity index (χ0n) is 12.5. The smallest absolute Gasteiger partial charge is 0.175 e. The van der Waals surface area contributed by atoms with E-state index in [1.54, 1.807) is 7.05 Å². The van der Waals surface area contributed by atoms with Crippen molar-refractivity contribution in [1.29, 1.82) is 0 Å². The molecule has 0 heterocycles. The first-order chi connectivity index (χ1) is 9.73. The van der Waals surface area contributed by atoms with Gasteiger partial charge in [-0.1, -0.05) is 24.3 Å². The summed E-state index contributed by atoms with van der Waals surface area (Å²) in [6.45, 7) is 5.31. The number of hydrogen-bond donors (Lipinski definition) is 1. The van der Waals surface area contributed by atoms with Crippen LogP contribution < -0.4 is 5.32 Å². The number of likely N-dealkylation sites (N-methyl/N-ethyl adjacent to an activating group) is 1. The van der Waals surface area contributed by atoms with Crippen LogP contribution in [0.1, 0.15) is 25.0 Å². The fraction of sp³-hybridized carbons (Fsp3) is 0.533. The number of carbonyl (C=O) groups is 1. The molecule has 0 aliphatic heterocycles. The summed E-state index contributed by atoms with van der Waals surface area (Å²) in [6.07, 6.45) is 2.46. The Kier molecular flexibility index (Phi) is 8.63. The molecule has 0 amide bonds. The molecule has 1 N–H and O–H groups in total. The average Bonchev–Trinajstić information content (AvgIpc) is 2.47. The number of nitrogens with one attached hydrogen (secondary N) is 1. The van der Waals surface area contributed by atoms with Crippen LogP contribution in [0.2, 0.25) is 0 Å². The molecule has 4 nitrogen and oxygen atoms in total. The van der Waals surface area contributed by atoms with Gasteiger partial charge in [0.2, 0.25) is 0 Å². The van der Waals surface area contributed by atoms with Crippen LogP contribution in [-0.4, -0.2) is 32.6 Å². The molecule has 0 fully saturated rings. The molecule has 0 spiro atoms. The fourth-order valence-corrected chi connectivity index (χ4v) is 3.16. The van der Waals surface area contributed by atoms with Crippen LogP contribution in [0.5, 0.6) is 0 Å². The topological polar surface area (TPSA) is 47.6 Å². The van der Waals surface area contributed by atoms with E-state index in [4.69, 9.17) is 9.05 Å². The van der Waals surface area contributed by atoms with E-state index < -0.39 is 8.38 Å². The lowest BCUT2D eigenvalue weighted by atomic mass is 10.1. The van der Waals surface area contributed by atoms with E-state index in [1.807, 2.05) is 13.8 Å². The second-order valence-electron chi connectivity index (χ2n) is 4.38. The summed E-state index contributed by atoms with van der Waals surface area (Å²) in [5.74, 6) is 0. The third-order valence-corrected chi connectivity index (χ3v) is 4.59. The summed E-state index contributed by atoms with van der Waals surface area (Å²) in [4.78, 5) is 10.8. The predicted molar refractivity (Wildman–Crippen MR) is 82.9 cm³/mol. The summed E-state index contributed by atoms with van der Waals surface area (Å²) in [7, 11) is 0.958. The molecule has 1 aromatic rings. The van der Waals surface area contributed by atoms with E-state index in [9.17, 15) is 4.79 Å². The van der Waals surface area contributed by atoms with E-state index in [-0.39, 0.29) is 6.04 Å². The van der Waals surface area contributed by atoms with Crippen LogP contribution >= 0.6 is 8.38 Å². The van der Waals surface area contributed by atoms with E-state index in [0.29, 0.717) is 19.6 Å². The van der Waals surface area contributed by atoms with Crippen molar-refractivity contribution in [3.8, 4) is 0 Å². The van der Waals surface area contributed by atoms with Gasteiger partial charge < -0.3 is 19.2 Å². The summed E-state index contributed by atoms with van der Waals surface area (Å²) in [5.41, 5.74) is 2.35. The molecule has 0 aromatic heterocycles. The summed E-state index contributed by atoms with van der Waals surface area (Å²) in [6, 6.07) is 8.17.